The monoisotopic (exact) mass is 248 g/mol. The van der Waals surface area contributed by atoms with Gasteiger partial charge in [0.15, 0.2) is 0 Å². The molecule has 0 radical (unpaired) electrons. The molecule has 1 fully saturated rings. The minimum atomic E-state index is -0.423. The Bertz CT molecular complexity index is 456. The Balaban J connectivity index is 2.16. The van der Waals surface area contributed by atoms with E-state index in [0.717, 1.165) is 0 Å². The van der Waals surface area contributed by atoms with Crippen LogP contribution < -0.4 is 10.1 Å². The highest BCUT2D eigenvalue weighted by Gasteiger charge is 2.29. The van der Waals surface area contributed by atoms with E-state index in [1.165, 1.54) is 0 Å². The Hall–Kier alpha value is -2.04. The zero-order chi connectivity index (χ0) is 13.1. The van der Waals surface area contributed by atoms with Gasteiger partial charge in [0.25, 0.3) is 5.91 Å². The van der Waals surface area contributed by atoms with E-state index in [0.29, 0.717) is 24.4 Å². The molecule has 5 heteroatoms. The predicted molar refractivity (Wildman–Crippen MR) is 66.5 cm³/mol. The van der Waals surface area contributed by atoms with Crippen LogP contribution in [0.3, 0.4) is 0 Å². The summed E-state index contributed by atoms with van der Waals surface area (Å²) < 4.78 is 5.04. The number of amides is 2. The number of ether oxygens (including phenoxy) is 1. The van der Waals surface area contributed by atoms with Crippen LogP contribution in [0.5, 0.6) is 5.75 Å². The van der Waals surface area contributed by atoms with Crippen molar-refractivity contribution in [2.24, 2.45) is 0 Å². The van der Waals surface area contributed by atoms with Gasteiger partial charge in [0.2, 0.25) is 5.91 Å². The molecule has 2 amide bonds. The second kappa shape index (κ2) is 5.08. The molecule has 0 spiro atoms. The first-order chi connectivity index (χ1) is 8.63. The third-order valence-corrected chi connectivity index (χ3v) is 3.10. The molecule has 18 heavy (non-hydrogen) atoms. The molecule has 1 aliphatic rings. The lowest BCUT2D eigenvalue weighted by atomic mass is 10.1. The average molecular weight is 248 g/mol. The van der Waals surface area contributed by atoms with E-state index < -0.39 is 6.04 Å². The molecule has 0 saturated carbocycles. The normalized spacial score (nSPS) is 19.3. The zero-order valence-electron chi connectivity index (χ0n) is 10.5. The van der Waals surface area contributed by atoms with Gasteiger partial charge in [0.1, 0.15) is 11.8 Å². The highest BCUT2D eigenvalue weighted by Crippen LogP contribution is 2.15. The van der Waals surface area contributed by atoms with Crippen molar-refractivity contribution in [3.05, 3.63) is 29.8 Å². The highest BCUT2D eigenvalue weighted by atomic mass is 16.5. The molecule has 1 N–H and O–H groups in total. The van der Waals surface area contributed by atoms with Gasteiger partial charge in [-0.25, -0.2) is 0 Å². The number of carbonyl (C=O) groups excluding carboxylic acids is 2. The lowest BCUT2D eigenvalue weighted by Crippen LogP contribution is -2.55. The summed E-state index contributed by atoms with van der Waals surface area (Å²) in [6, 6.07) is 6.47. The van der Waals surface area contributed by atoms with Crippen LogP contribution in [0.15, 0.2) is 24.3 Å². The second-order valence-corrected chi connectivity index (χ2v) is 4.19. The topological polar surface area (TPSA) is 58.6 Å². The largest absolute Gasteiger partial charge is 0.497 e. The fraction of sp³-hybridized carbons (Fsp3) is 0.385. The van der Waals surface area contributed by atoms with Gasteiger partial charge in [-0.05, 0) is 31.2 Å². The number of carbonyl (C=O) groups is 2. The van der Waals surface area contributed by atoms with Gasteiger partial charge >= 0.3 is 0 Å². The van der Waals surface area contributed by atoms with Crippen molar-refractivity contribution >= 4 is 11.8 Å². The third-order valence-electron chi connectivity index (χ3n) is 3.10. The minimum absolute atomic E-state index is 0.108. The Kier molecular flexibility index (Phi) is 3.50. The van der Waals surface area contributed by atoms with Crippen molar-refractivity contribution in [2.45, 2.75) is 13.0 Å². The molecule has 1 aliphatic heterocycles. The summed E-state index contributed by atoms with van der Waals surface area (Å²) >= 11 is 0. The molecule has 0 bridgehead atoms. The minimum Gasteiger partial charge on any atom is -0.497 e. The fourth-order valence-corrected chi connectivity index (χ4v) is 1.96. The fourth-order valence-electron chi connectivity index (χ4n) is 1.96. The van der Waals surface area contributed by atoms with E-state index in [2.05, 4.69) is 5.32 Å². The van der Waals surface area contributed by atoms with Crippen molar-refractivity contribution in [1.29, 1.82) is 0 Å². The predicted octanol–water partition coefficient (Wildman–Crippen LogP) is 0.656. The summed E-state index contributed by atoms with van der Waals surface area (Å²) in [5.41, 5.74) is 0.567. The smallest absolute Gasteiger partial charge is 0.254 e. The molecule has 1 aromatic carbocycles. The first-order valence-corrected chi connectivity index (χ1v) is 5.86. The number of rotatable bonds is 2. The zero-order valence-corrected chi connectivity index (χ0v) is 10.5. The van der Waals surface area contributed by atoms with Gasteiger partial charge in [-0.2, -0.15) is 0 Å². The van der Waals surface area contributed by atoms with Gasteiger partial charge in [-0.15, -0.1) is 0 Å². The van der Waals surface area contributed by atoms with Crippen molar-refractivity contribution in [3.8, 4) is 5.75 Å². The first-order valence-electron chi connectivity index (χ1n) is 5.86. The van der Waals surface area contributed by atoms with Crippen LogP contribution in [0.4, 0.5) is 0 Å². The molecular formula is C13H16N2O3. The van der Waals surface area contributed by atoms with Crippen LogP contribution in [0.1, 0.15) is 17.3 Å². The molecule has 0 aromatic heterocycles. The number of methoxy groups -OCH3 is 1. The molecule has 0 aliphatic carbocycles. The van der Waals surface area contributed by atoms with Crippen LogP contribution >= 0.6 is 0 Å². The maximum Gasteiger partial charge on any atom is 0.254 e. The standard InChI is InChI=1S/C13H16N2O3/c1-9-12(16)14-7-8-15(9)13(17)10-3-5-11(18-2)6-4-10/h3-6,9H,7-8H2,1-2H3,(H,14,16). The molecule has 1 heterocycles. The summed E-state index contributed by atoms with van der Waals surface area (Å²) in [5, 5.41) is 2.73. The molecule has 1 atom stereocenters. The van der Waals surface area contributed by atoms with Crippen LogP contribution in [-0.2, 0) is 4.79 Å². The summed E-state index contributed by atoms with van der Waals surface area (Å²) in [4.78, 5) is 25.4. The lowest BCUT2D eigenvalue weighted by Gasteiger charge is -2.32. The highest BCUT2D eigenvalue weighted by molar-refractivity contribution is 5.98. The van der Waals surface area contributed by atoms with Gasteiger partial charge in [-0.1, -0.05) is 0 Å². The summed E-state index contributed by atoms with van der Waals surface area (Å²) in [6.07, 6.45) is 0. The van der Waals surface area contributed by atoms with Crippen LogP contribution in [0, 0.1) is 0 Å². The Morgan fingerprint density at radius 1 is 1.39 bits per heavy atom. The van der Waals surface area contributed by atoms with Gasteiger partial charge in [0.05, 0.1) is 7.11 Å². The molecule has 96 valence electrons. The number of benzene rings is 1. The quantitative estimate of drug-likeness (QED) is 0.836. The van der Waals surface area contributed by atoms with Gasteiger partial charge in [0, 0.05) is 18.7 Å². The van der Waals surface area contributed by atoms with Crippen LogP contribution in [-0.4, -0.2) is 43.0 Å². The van der Waals surface area contributed by atoms with Crippen LogP contribution in [0.25, 0.3) is 0 Å². The number of nitrogens with zero attached hydrogens (tertiary/aromatic N) is 1. The van der Waals surface area contributed by atoms with E-state index in [1.807, 2.05) is 0 Å². The van der Waals surface area contributed by atoms with Crippen molar-refractivity contribution in [3.63, 3.8) is 0 Å². The SMILES string of the molecule is COc1ccc(C(=O)N2CCNC(=O)C2C)cc1. The molecule has 1 saturated heterocycles. The third kappa shape index (κ3) is 2.30. The molecular weight excluding hydrogens is 232 g/mol. The van der Waals surface area contributed by atoms with Gasteiger partial charge < -0.3 is 15.0 Å². The number of hydrogen-bond acceptors (Lipinski definition) is 3. The number of piperazine rings is 1. The summed E-state index contributed by atoms with van der Waals surface area (Å²) in [7, 11) is 1.58. The van der Waals surface area contributed by atoms with E-state index in [9.17, 15) is 9.59 Å². The average Bonchev–Trinajstić information content (AvgIpc) is 2.41. The first kappa shape index (κ1) is 12.4. The Labute approximate surface area is 106 Å². The summed E-state index contributed by atoms with van der Waals surface area (Å²) in [6.45, 7) is 2.78. The van der Waals surface area contributed by atoms with E-state index in [4.69, 9.17) is 4.74 Å². The van der Waals surface area contributed by atoms with E-state index in [1.54, 1.807) is 43.2 Å². The molecule has 1 unspecified atom stereocenters. The van der Waals surface area contributed by atoms with E-state index >= 15 is 0 Å². The Morgan fingerprint density at radius 2 is 2.06 bits per heavy atom. The van der Waals surface area contributed by atoms with Gasteiger partial charge in [-0.3, -0.25) is 9.59 Å². The number of nitrogens with one attached hydrogen (secondary N) is 1. The van der Waals surface area contributed by atoms with E-state index in [-0.39, 0.29) is 11.8 Å². The molecule has 1 aromatic rings. The Morgan fingerprint density at radius 3 is 2.67 bits per heavy atom. The molecule has 2 rings (SSSR count). The molecule has 5 nitrogen and oxygen atoms in total. The van der Waals surface area contributed by atoms with Crippen molar-refractivity contribution in [2.75, 3.05) is 20.2 Å². The van der Waals surface area contributed by atoms with Crippen molar-refractivity contribution in [1.82, 2.24) is 10.2 Å². The number of hydrogen-bond donors (Lipinski definition) is 1. The maximum absolute atomic E-state index is 12.3. The van der Waals surface area contributed by atoms with Crippen molar-refractivity contribution < 1.29 is 14.3 Å². The van der Waals surface area contributed by atoms with Crippen LogP contribution in [0.2, 0.25) is 0 Å². The summed E-state index contributed by atoms with van der Waals surface area (Å²) in [5.74, 6) is 0.471. The lowest BCUT2D eigenvalue weighted by molar-refractivity contribution is -0.127. The maximum atomic E-state index is 12.3. The second-order valence-electron chi connectivity index (χ2n) is 4.19.